The predicted octanol–water partition coefficient (Wildman–Crippen LogP) is 1.82. The van der Waals surface area contributed by atoms with Crippen LogP contribution in [-0.2, 0) is 6.54 Å². The first-order valence-electron chi connectivity index (χ1n) is 6.05. The fourth-order valence-electron chi connectivity index (χ4n) is 2.34. The van der Waals surface area contributed by atoms with Crippen molar-refractivity contribution in [1.29, 1.82) is 0 Å². The second-order valence-corrected chi connectivity index (χ2v) is 4.52. The lowest BCUT2D eigenvalue weighted by molar-refractivity contribution is 0.163. The molecular formula is C13H15N3O2. The summed E-state index contributed by atoms with van der Waals surface area (Å²) in [6.07, 6.45) is 0.353. The van der Waals surface area contributed by atoms with Gasteiger partial charge in [-0.05, 0) is 19.4 Å². The van der Waals surface area contributed by atoms with Crippen LogP contribution in [0.2, 0.25) is 0 Å². The average Bonchev–Trinajstić information content (AvgIpc) is 2.79. The molecule has 1 aliphatic rings. The molecule has 0 bridgehead atoms. The molecule has 3 rings (SSSR count). The molecule has 5 heteroatoms. The van der Waals surface area contributed by atoms with E-state index in [1.807, 2.05) is 24.3 Å². The monoisotopic (exact) mass is 245 g/mol. The Morgan fingerprint density at radius 2 is 2.28 bits per heavy atom. The Morgan fingerprint density at radius 1 is 1.44 bits per heavy atom. The topological polar surface area (TPSA) is 62.4 Å². The molecule has 1 aromatic heterocycles. The molecular weight excluding hydrogens is 230 g/mol. The van der Waals surface area contributed by atoms with E-state index in [0.717, 1.165) is 24.2 Å². The maximum atomic E-state index is 9.97. The summed E-state index contributed by atoms with van der Waals surface area (Å²) in [5.41, 5.74) is 2.02. The number of rotatable bonds is 2. The Kier molecular flexibility index (Phi) is 2.76. The summed E-state index contributed by atoms with van der Waals surface area (Å²) in [6.45, 7) is 3.19. The Bertz CT molecular complexity index is 553. The fraction of sp³-hybridized carbons (Fsp3) is 0.385. The number of nitrogens with zero attached hydrogens (tertiary/aromatic N) is 3. The lowest BCUT2D eigenvalue weighted by Crippen LogP contribution is -2.30. The first kappa shape index (κ1) is 11.2. The summed E-state index contributed by atoms with van der Waals surface area (Å²) >= 11 is 0. The molecule has 2 aromatic rings. The van der Waals surface area contributed by atoms with Crippen LogP contribution in [0, 0.1) is 6.92 Å². The molecule has 0 amide bonds. The number of aliphatic hydroxyl groups excluding tert-OH is 1. The van der Waals surface area contributed by atoms with Crippen molar-refractivity contribution in [3.8, 4) is 0 Å². The van der Waals surface area contributed by atoms with Crippen LogP contribution in [0.3, 0.4) is 0 Å². The molecule has 1 aliphatic heterocycles. The molecule has 1 atom stereocenters. The van der Waals surface area contributed by atoms with Crippen molar-refractivity contribution in [2.24, 2.45) is 0 Å². The number of aryl methyl sites for hydroxylation is 1. The van der Waals surface area contributed by atoms with E-state index in [-0.39, 0.29) is 6.10 Å². The molecule has 2 heterocycles. The fourth-order valence-corrected chi connectivity index (χ4v) is 2.34. The highest BCUT2D eigenvalue weighted by molar-refractivity contribution is 5.56. The summed E-state index contributed by atoms with van der Waals surface area (Å²) in [6, 6.07) is 7.90. The third-order valence-electron chi connectivity index (χ3n) is 3.20. The minimum Gasteiger partial charge on any atom is -0.388 e. The average molecular weight is 245 g/mol. The van der Waals surface area contributed by atoms with E-state index in [9.17, 15) is 5.11 Å². The third kappa shape index (κ3) is 1.97. The molecule has 0 radical (unpaired) electrons. The SMILES string of the molecule is Cc1noc(CN2CCC(O)c3ccccc32)n1. The Morgan fingerprint density at radius 3 is 3.06 bits per heavy atom. The molecule has 0 saturated carbocycles. The van der Waals surface area contributed by atoms with Crippen LogP contribution in [0.4, 0.5) is 5.69 Å². The number of benzene rings is 1. The van der Waals surface area contributed by atoms with Gasteiger partial charge in [0.05, 0.1) is 12.6 Å². The van der Waals surface area contributed by atoms with E-state index < -0.39 is 0 Å². The van der Waals surface area contributed by atoms with E-state index in [2.05, 4.69) is 15.0 Å². The van der Waals surface area contributed by atoms with Crippen molar-refractivity contribution in [1.82, 2.24) is 10.1 Å². The number of anilines is 1. The second kappa shape index (κ2) is 4.42. The second-order valence-electron chi connectivity index (χ2n) is 4.52. The highest BCUT2D eigenvalue weighted by Gasteiger charge is 2.24. The maximum Gasteiger partial charge on any atom is 0.246 e. The van der Waals surface area contributed by atoms with Crippen LogP contribution >= 0.6 is 0 Å². The summed E-state index contributed by atoms with van der Waals surface area (Å²) < 4.78 is 5.14. The first-order valence-corrected chi connectivity index (χ1v) is 6.05. The van der Waals surface area contributed by atoms with Crippen molar-refractivity contribution >= 4 is 5.69 Å². The lowest BCUT2D eigenvalue weighted by atomic mass is 9.99. The molecule has 0 fully saturated rings. The minimum atomic E-state index is -0.373. The highest BCUT2D eigenvalue weighted by atomic mass is 16.5. The number of hydrogen-bond donors (Lipinski definition) is 1. The standard InChI is InChI=1S/C13H15N3O2/c1-9-14-13(18-15-9)8-16-7-6-12(17)10-4-2-3-5-11(10)16/h2-5,12,17H,6-8H2,1H3. The van der Waals surface area contributed by atoms with Gasteiger partial charge in [-0.15, -0.1) is 0 Å². The number of aliphatic hydroxyl groups is 1. The number of aromatic nitrogens is 2. The zero-order valence-electron chi connectivity index (χ0n) is 10.2. The maximum absolute atomic E-state index is 9.97. The van der Waals surface area contributed by atoms with Crippen molar-refractivity contribution in [2.45, 2.75) is 26.0 Å². The van der Waals surface area contributed by atoms with Gasteiger partial charge >= 0.3 is 0 Å². The van der Waals surface area contributed by atoms with Crippen LogP contribution in [0.1, 0.15) is 29.8 Å². The van der Waals surface area contributed by atoms with Crippen LogP contribution in [-0.4, -0.2) is 21.8 Å². The van der Waals surface area contributed by atoms with E-state index in [1.54, 1.807) is 6.92 Å². The summed E-state index contributed by atoms with van der Waals surface area (Å²) in [5, 5.41) is 13.8. The molecule has 0 aliphatic carbocycles. The molecule has 94 valence electrons. The van der Waals surface area contributed by atoms with Gasteiger partial charge in [0, 0.05) is 17.8 Å². The number of fused-ring (bicyclic) bond motifs is 1. The zero-order valence-corrected chi connectivity index (χ0v) is 10.2. The van der Waals surface area contributed by atoms with Gasteiger partial charge in [0.15, 0.2) is 5.82 Å². The third-order valence-corrected chi connectivity index (χ3v) is 3.20. The molecule has 5 nitrogen and oxygen atoms in total. The van der Waals surface area contributed by atoms with Gasteiger partial charge in [-0.25, -0.2) is 0 Å². The van der Waals surface area contributed by atoms with Gasteiger partial charge in [-0.3, -0.25) is 0 Å². The van der Waals surface area contributed by atoms with Gasteiger partial charge < -0.3 is 14.5 Å². The van der Waals surface area contributed by atoms with Crippen LogP contribution in [0.15, 0.2) is 28.8 Å². The van der Waals surface area contributed by atoms with Gasteiger partial charge in [0.2, 0.25) is 5.89 Å². The molecule has 0 spiro atoms. The minimum absolute atomic E-state index is 0.373. The van der Waals surface area contributed by atoms with Gasteiger partial charge in [-0.1, -0.05) is 23.4 Å². The largest absolute Gasteiger partial charge is 0.388 e. The van der Waals surface area contributed by atoms with Crippen molar-refractivity contribution in [3.63, 3.8) is 0 Å². The van der Waals surface area contributed by atoms with E-state index in [0.29, 0.717) is 18.3 Å². The van der Waals surface area contributed by atoms with E-state index in [1.165, 1.54) is 0 Å². The highest BCUT2D eigenvalue weighted by Crippen LogP contribution is 2.33. The smallest absolute Gasteiger partial charge is 0.246 e. The van der Waals surface area contributed by atoms with Crippen LogP contribution < -0.4 is 4.90 Å². The van der Waals surface area contributed by atoms with Crippen molar-refractivity contribution in [2.75, 3.05) is 11.4 Å². The number of para-hydroxylation sites is 1. The van der Waals surface area contributed by atoms with Gasteiger partial charge in [0.25, 0.3) is 0 Å². The Labute approximate surface area is 105 Å². The van der Waals surface area contributed by atoms with Crippen LogP contribution in [0.5, 0.6) is 0 Å². The quantitative estimate of drug-likeness (QED) is 0.874. The van der Waals surface area contributed by atoms with Crippen molar-refractivity contribution in [3.05, 3.63) is 41.5 Å². The normalized spacial score (nSPS) is 18.8. The van der Waals surface area contributed by atoms with E-state index in [4.69, 9.17) is 4.52 Å². The lowest BCUT2D eigenvalue weighted by Gasteiger charge is -2.32. The van der Waals surface area contributed by atoms with Crippen molar-refractivity contribution < 1.29 is 9.63 Å². The van der Waals surface area contributed by atoms with Gasteiger partial charge in [-0.2, -0.15) is 4.98 Å². The molecule has 1 N–H and O–H groups in total. The Balaban J connectivity index is 1.88. The van der Waals surface area contributed by atoms with E-state index >= 15 is 0 Å². The summed E-state index contributed by atoms with van der Waals surface area (Å²) in [5.74, 6) is 1.26. The first-order chi connectivity index (χ1) is 8.74. The summed E-state index contributed by atoms with van der Waals surface area (Å²) in [7, 11) is 0. The van der Waals surface area contributed by atoms with Crippen LogP contribution in [0.25, 0.3) is 0 Å². The predicted molar refractivity (Wildman–Crippen MR) is 66.1 cm³/mol. The Hall–Kier alpha value is -1.88. The van der Waals surface area contributed by atoms with Gasteiger partial charge in [0.1, 0.15) is 0 Å². The molecule has 18 heavy (non-hydrogen) atoms. The summed E-state index contributed by atoms with van der Waals surface area (Å²) in [4.78, 5) is 6.38. The molecule has 1 unspecified atom stereocenters. The zero-order chi connectivity index (χ0) is 12.5. The molecule has 0 saturated heterocycles. The number of hydrogen-bond acceptors (Lipinski definition) is 5. The molecule has 1 aromatic carbocycles.